The van der Waals surface area contributed by atoms with Gasteiger partial charge in [0.15, 0.2) is 0 Å². The number of esters is 1. The molecule has 406 valence electrons. The highest BCUT2D eigenvalue weighted by atomic mass is 31.2. The predicted octanol–water partition coefficient (Wildman–Crippen LogP) is 17.6. The molecular formula is C58H110NO9P. The van der Waals surface area contributed by atoms with E-state index in [1.54, 1.807) is 0 Å². The minimum atomic E-state index is -4.63. The number of phosphoric ester groups is 1. The zero-order chi connectivity index (χ0) is 50.4. The highest BCUT2D eigenvalue weighted by Gasteiger charge is 2.27. The Bertz CT molecular complexity index is 1240. The van der Waals surface area contributed by atoms with Gasteiger partial charge < -0.3 is 25.2 Å². The van der Waals surface area contributed by atoms with Crippen LogP contribution < -0.4 is 5.73 Å². The topological polar surface area (TPSA) is 155 Å². The summed E-state index contributed by atoms with van der Waals surface area (Å²) in [5, 5.41) is 8.95. The first-order valence-electron chi connectivity index (χ1n) is 29.0. The quantitative estimate of drug-likeness (QED) is 0.0232. The van der Waals surface area contributed by atoms with Crippen LogP contribution in [0.1, 0.15) is 284 Å². The average molecular weight is 996 g/mol. The van der Waals surface area contributed by atoms with Crippen LogP contribution in [-0.4, -0.2) is 60.5 Å². The van der Waals surface area contributed by atoms with E-state index >= 15 is 0 Å². The molecule has 0 heterocycles. The molecule has 0 aromatic carbocycles. The van der Waals surface area contributed by atoms with E-state index in [1.165, 1.54) is 212 Å². The lowest BCUT2D eigenvalue weighted by Crippen LogP contribution is -2.34. The molecule has 69 heavy (non-hydrogen) atoms. The molecule has 0 amide bonds. The molecule has 0 aliphatic rings. The highest BCUT2D eigenvalue weighted by Crippen LogP contribution is 2.43. The molecule has 0 radical (unpaired) electrons. The summed E-state index contributed by atoms with van der Waals surface area (Å²) in [4.78, 5) is 33.8. The Morgan fingerprint density at radius 3 is 1.19 bits per heavy atom. The largest absolute Gasteiger partial charge is 0.480 e. The van der Waals surface area contributed by atoms with Gasteiger partial charge >= 0.3 is 19.8 Å². The Labute approximate surface area is 425 Å². The first-order valence-corrected chi connectivity index (χ1v) is 30.5. The van der Waals surface area contributed by atoms with Crippen LogP contribution in [0.5, 0.6) is 0 Å². The molecule has 10 nitrogen and oxygen atoms in total. The van der Waals surface area contributed by atoms with Crippen molar-refractivity contribution >= 4 is 19.8 Å². The van der Waals surface area contributed by atoms with Crippen molar-refractivity contribution in [2.45, 2.75) is 296 Å². The molecular weight excluding hydrogens is 886 g/mol. The van der Waals surface area contributed by atoms with Crippen LogP contribution in [0.25, 0.3) is 0 Å². The van der Waals surface area contributed by atoms with Crippen molar-refractivity contribution in [1.82, 2.24) is 0 Å². The maximum Gasteiger partial charge on any atom is 0.472 e. The van der Waals surface area contributed by atoms with E-state index in [0.717, 1.165) is 44.9 Å². The normalized spacial score (nSPS) is 13.8. The molecule has 0 aliphatic heterocycles. The number of carbonyl (C=O) groups excluding carboxylic acids is 1. The molecule has 0 aromatic rings. The zero-order valence-electron chi connectivity index (χ0n) is 44.9. The average Bonchev–Trinajstić information content (AvgIpc) is 3.33. The van der Waals surface area contributed by atoms with Gasteiger partial charge in [0.2, 0.25) is 0 Å². The smallest absolute Gasteiger partial charge is 0.472 e. The van der Waals surface area contributed by atoms with Gasteiger partial charge in [-0.05, 0) is 70.6 Å². The molecule has 0 saturated carbocycles. The maximum absolute atomic E-state index is 12.7. The van der Waals surface area contributed by atoms with Crippen molar-refractivity contribution in [2.24, 2.45) is 5.73 Å². The Hall–Kier alpha value is -1.81. The molecule has 0 aromatic heterocycles. The van der Waals surface area contributed by atoms with Crippen molar-refractivity contribution in [3.8, 4) is 0 Å². The number of aliphatic carboxylic acids is 1. The SMILES string of the molecule is CCCCCCC/C=C\C/C=C\CCCCCCCCCCCCCCOCC(COP(=O)(O)OCC(N)C(=O)O)OC(=O)CCCCCCCCCCCCC/C=C\CCCCCCCCCC. The molecule has 0 rings (SSSR count). The maximum atomic E-state index is 12.7. The van der Waals surface area contributed by atoms with Crippen molar-refractivity contribution in [2.75, 3.05) is 26.4 Å². The number of rotatable bonds is 56. The molecule has 3 unspecified atom stereocenters. The number of allylic oxidation sites excluding steroid dienone is 6. The lowest BCUT2D eigenvalue weighted by molar-refractivity contribution is -0.154. The fourth-order valence-electron chi connectivity index (χ4n) is 8.40. The number of carboxylic acid groups (broad SMARTS) is 1. The van der Waals surface area contributed by atoms with E-state index in [0.29, 0.717) is 13.0 Å². The highest BCUT2D eigenvalue weighted by molar-refractivity contribution is 7.47. The van der Waals surface area contributed by atoms with Crippen LogP contribution in [0.3, 0.4) is 0 Å². The molecule has 0 bridgehead atoms. The third-order valence-corrected chi connectivity index (χ3v) is 13.8. The van der Waals surface area contributed by atoms with Gasteiger partial charge in [-0.1, -0.05) is 243 Å². The Morgan fingerprint density at radius 2 is 0.797 bits per heavy atom. The Kier molecular flexibility index (Phi) is 52.6. The Balaban J connectivity index is 4.05. The minimum Gasteiger partial charge on any atom is -0.480 e. The number of phosphoric acid groups is 1. The van der Waals surface area contributed by atoms with Gasteiger partial charge in [-0.15, -0.1) is 0 Å². The van der Waals surface area contributed by atoms with Gasteiger partial charge in [0.1, 0.15) is 12.1 Å². The van der Waals surface area contributed by atoms with Gasteiger partial charge in [0.25, 0.3) is 0 Å². The number of nitrogens with two attached hydrogens (primary N) is 1. The van der Waals surface area contributed by atoms with E-state index in [9.17, 15) is 19.0 Å². The summed E-state index contributed by atoms with van der Waals surface area (Å²) < 4.78 is 33.6. The summed E-state index contributed by atoms with van der Waals surface area (Å²) in [6.45, 7) is 3.92. The molecule has 0 aliphatic carbocycles. The fraction of sp³-hybridized carbons (Fsp3) is 0.862. The minimum absolute atomic E-state index is 0.0183. The number of unbranched alkanes of at least 4 members (excludes halogenated alkanes) is 36. The lowest BCUT2D eigenvalue weighted by Gasteiger charge is -2.20. The van der Waals surface area contributed by atoms with E-state index in [2.05, 4.69) is 50.3 Å². The Morgan fingerprint density at radius 1 is 0.464 bits per heavy atom. The standard InChI is InChI=1S/C58H110NO9P/c1-3-5-7-9-11-13-15-17-19-21-23-25-27-29-31-33-35-37-39-41-43-45-47-49-51-65-52-55(53-66-69(63,64)67-54-56(59)58(61)62)68-57(60)50-48-46-44-42-40-38-36-34-32-30-28-26-24-22-20-18-16-14-12-10-8-6-4-2/h15,17,21-24,55-56H,3-14,16,18-20,25-54,59H2,1-2H3,(H,61,62)(H,63,64)/b17-15-,23-21-,24-22-. The number of carboxylic acids is 1. The fourth-order valence-corrected chi connectivity index (χ4v) is 9.18. The first-order chi connectivity index (χ1) is 33.7. The van der Waals surface area contributed by atoms with Gasteiger partial charge in [0.05, 0.1) is 19.8 Å². The zero-order valence-corrected chi connectivity index (χ0v) is 45.8. The van der Waals surface area contributed by atoms with E-state index in [4.69, 9.17) is 29.4 Å². The van der Waals surface area contributed by atoms with E-state index in [-0.39, 0.29) is 13.0 Å². The van der Waals surface area contributed by atoms with Crippen LogP contribution in [-0.2, 0) is 32.7 Å². The number of carbonyl (C=O) groups is 2. The third-order valence-electron chi connectivity index (χ3n) is 12.9. The van der Waals surface area contributed by atoms with Crippen molar-refractivity contribution < 1.29 is 42.7 Å². The van der Waals surface area contributed by atoms with Crippen LogP contribution in [0.2, 0.25) is 0 Å². The third kappa shape index (κ3) is 53.8. The molecule has 4 N–H and O–H groups in total. The van der Waals surface area contributed by atoms with Gasteiger partial charge in [0, 0.05) is 13.0 Å². The van der Waals surface area contributed by atoms with E-state index < -0.39 is 45.1 Å². The lowest BCUT2D eigenvalue weighted by atomic mass is 10.0. The van der Waals surface area contributed by atoms with Crippen molar-refractivity contribution in [3.63, 3.8) is 0 Å². The second kappa shape index (κ2) is 54.0. The predicted molar refractivity (Wildman–Crippen MR) is 291 cm³/mol. The van der Waals surface area contributed by atoms with Crippen LogP contribution in [0.15, 0.2) is 36.5 Å². The second-order valence-electron chi connectivity index (χ2n) is 19.8. The summed E-state index contributed by atoms with van der Waals surface area (Å²) >= 11 is 0. The van der Waals surface area contributed by atoms with Gasteiger partial charge in [-0.3, -0.25) is 18.6 Å². The molecule has 3 atom stereocenters. The van der Waals surface area contributed by atoms with Gasteiger partial charge in [-0.2, -0.15) is 0 Å². The molecule has 11 heteroatoms. The summed E-state index contributed by atoms with van der Waals surface area (Å²) in [5.41, 5.74) is 5.39. The molecule has 0 fully saturated rings. The monoisotopic (exact) mass is 996 g/mol. The van der Waals surface area contributed by atoms with Crippen molar-refractivity contribution in [3.05, 3.63) is 36.5 Å². The number of hydrogen-bond acceptors (Lipinski definition) is 8. The second-order valence-corrected chi connectivity index (χ2v) is 21.2. The van der Waals surface area contributed by atoms with Crippen LogP contribution >= 0.6 is 7.82 Å². The molecule has 0 saturated heterocycles. The summed E-state index contributed by atoms with van der Waals surface area (Å²) in [7, 11) is -4.63. The summed E-state index contributed by atoms with van der Waals surface area (Å²) in [5.74, 6) is -1.77. The van der Waals surface area contributed by atoms with Crippen LogP contribution in [0, 0.1) is 0 Å². The van der Waals surface area contributed by atoms with Crippen molar-refractivity contribution in [1.29, 1.82) is 0 Å². The van der Waals surface area contributed by atoms with Gasteiger partial charge in [-0.25, -0.2) is 4.57 Å². The number of ether oxygens (including phenoxy) is 2. The number of hydrogen-bond donors (Lipinski definition) is 3. The molecule has 0 spiro atoms. The van der Waals surface area contributed by atoms with Crippen LogP contribution in [0.4, 0.5) is 0 Å². The first kappa shape index (κ1) is 67.2. The summed E-state index contributed by atoms with van der Waals surface area (Å²) in [6, 6.07) is -1.47. The summed E-state index contributed by atoms with van der Waals surface area (Å²) in [6.07, 6.45) is 65.0. The van der Waals surface area contributed by atoms with E-state index in [1.807, 2.05) is 0 Å².